The zero-order valence-corrected chi connectivity index (χ0v) is 25.4. The van der Waals surface area contributed by atoms with Crippen molar-refractivity contribution in [3.8, 4) is 0 Å². The van der Waals surface area contributed by atoms with Crippen LogP contribution in [-0.4, -0.2) is 76.3 Å². The number of fused-ring (bicyclic) bond motifs is 1. The summed E-state index contributed by atoms with van der Waals surface area (Å²) in [5, 5.41) is 5.90. The minimum Gasteiger partial charge on any atom is -0.366 e. The molecule has 2 aliphatic heterocycles. The van der Waals surface area contributed by atoms with Crippen LogP contribution in [0.3, 0.4) is 0 Å². The molecule has 4 heterocycles. The van der Waals surface area contributed by atoms with E-state index in [1.807, 2.05) is 42.2 Å². The van der Waals surface area contributed by atoms with Gasteiger partial charge in [-0.3, -0.25) is 14.6 Å². The number of carbonyl (C=O) groups excluding carboxylic acids is 2. The number of carbonyl (C=O) groups is 2. The number of pyridine rings is 1. The lowest BCUT2D eigenvalue weighted by molar-refractivity contribution is -0.137. The van der Waals surface area contributed by atoms with Gasteiger partial charge in [0.05, 0.1) is 11.3 Å². The first-order valence-corrected chi connectivity index (χ1v) is 14.9. The molecule has 0 aliphatic carbocycles. The molecule has 0 saturated carbocycles. The van der Waals surface area contributed by atoms with Crippen molar-refractivity contribution in [3.63, 3.8) is 0 Å². The summed E-state index contributed by atoms with van der Waals surface area (Å²) >= 11 is 0. The van der Waals surface area contributed by atoms with Crippen LogP contribution in [-0.2, 0) is 19.1 Å². The van der Waals surface area contributed by atoms with E-state index >= 15 is 0 Å². The summed E-state index contributed by atoms with van der Waals surface area (Å²) in [6.07, 6.45) is -1.14. The molecule has 46 heavy (non-hydrogen) atoms. The summed E-state index contributed by atoms with van der Waals surface area (Å²) in [6.45, 7) is 6.35. The van der Waals surface area contributed by atoms with Crippen LogP contribution in [0.2, 0.25) is 0 Å². The van der Waals surface area contributed by atoms with Gasteiger partial charge in [-0.2, -0.15) is 13.2 Å². The second-order valence-electron chi connectivity index (χ2n) is 11.5. The van der Waals surface area contributed by atoms with E-state index in [0.29, 0.717) is 36.7 Å². The van der Waals surface area contributed by atoms with Gasteiger partial charge in [-0.05, 0) is 68.1 Å². The topological polar surface area (TPSA) is 107 Å². The van der Waals surface area contributed by atoms with Gasteiger partial charge in [-0.25, -0.2) is 9.97 Å². The van der Waals surface area contributed by atoms with E-state index in [0.717, 1.165) is 72.7 Å². The van der Waals surface area contributed by atoms with Crippen LogP contribution >= 0.6 is 0 Å². The predicted octanol–water partition coefficient (Wildman–Crippen LogP) is 5.15. The Bertz CT molecular complexity index is 1760. The molecule has 2 amide bonds. The molecular weight excluding hydrogens is 597 g/mol. The Labute approximate surface area is 264 Å². The number of piperazine rings is 1. The number of hydrogen-bond donors (Lipinski definition) is 2. The highest BCUT2D eigenvalue weighted by Crippen LogP contribution is 2.31. The third kappa shape index (κ3) is 6.94. The minimum absolute atomic E-state index is 0.0325. The van der Waals surface area contributed by atoms with E-state index in [4.69, 9.17) is 4.98 Å². The molecule has 10 nitrogen and oxygen atoms in total. The average molecular weight is 631 g/mol. The highest BCUT2D eigenvalue weighted by atomic mass is 19.4. The Balaban J connectivity index is 1.09. The molecule has 1 fully saturated rings. The number of amides is 2. The van der Waals surface area contributed by atoms with Crippen molar-refractivity contribution in [1.29, 1.82) is 0 Å². The van der Waals surface area contributed by atoms with Crippen LogP contribution in [0.5, 0.6) is 0 Å². The van der Waals surface area contributed by atoms with Crippen molar-refractivity contribution < 1.29 is 22.8 Å². The lowest BCUT2D eigenvalue weighted by Gasteiger charge is -2.32. The van der Waals surface area contributed by atoms with Gasteiger partial charge in [0.2, 0.25) is 5.95 Å². The van der Waals surface area contributed by atoms with E-state index in [2.05, 4.69) is 37.4 Å². The fourth-order valence-electron chi connectivity index (χ4n) is 5.55. The molecule has 2 aromatic carbocycles. The number of anilines is 4. The third-order valence-corrected chi connectivity index (χ3v) is 8.24. The largest absolute Gasteiger partial charge is 0.416 e. The molecule has 0 unspecified atom stereocenters. The first-order valence-electron chi connectivity index (χ1n) is 14.9. The van der Waals surface area contributed by atoms with Crippen LogP contribution in [0.1, 0.15) is 43.2 Å². The quantitative estimate of drug-likeness (QED) is 0.302. The summed E-state index contributed by atoms with van der Waals surface area (Å²) in [4.78, 5) is 44.9. The number of likely N-dealkylation sites (N-methyl/N-ethyl adjacent to an activating group) is 1. The van der Waals surface area contributed by atoms with Crippen LogP contribution in [0.25, 0.3) is 0 Å². The zero-order valence-electron chi connectivity index (χ0n) is 25.4. The molecule has 2 aromatic heterocycles. The van der Waals surface area contributed by atoms with E-state index in [1.165, 1.54) is 0 Å². The number of aryl methyl sites for hydroxylation is 1. The van der Waals surface area contributed by atoms with Crippen molar-refractivity contribution in [2.75, 3.05) is 55.3 Å². The number of halogens is 3. The van der Waals surface area contributed by atoms with Gasteiger partial charge < -0.3 is 25.3 Å². The van der Waals surface area contributed by atoms with Gasteiger partial charge in [0.15, 0.2) is 0 Å². The molecule has 6 rings (SSSR count). The first kappa shape index (κ1) is 31.0. The van der Waals surface area contributed by atoms with Crippen molar-refractivity contribution in [3.05, 3.63) is 101 Å². The Morgan fingerprint density at radius 3 is 2.37 bits per heavy atom. The van der Waals surface area contributed by atoms with Crippen molar-refractivity contribution >= 4 is 34.8 Å². The van der Waals surface area contributed by atoms with Gasteiger partial charge in [0.1, 0.15) is 5.69 Å². The fourth-order valence-corrected chi connectivity index (χ4v) is 5.55. The molecule has 13 heteroatoms. The maximum absolute atomic E-state index is 13.1. The summed E-state index contributed by atoms with van der Waals surface area (Å²) in [5.41, 5.74) is 4.37. The standard InChI is InChI=1S/C33H33F3N8O2/c1-21-3-6-26(39-30(45)28-17-24(9-11-37-28)33(34,35)36)18-29(21)44-12-10-27-23(20-44)19-38-32(41-27)40-25-7-4-22(5-8-25)31(46)43-15-13-42(2)14-16-43/h3-9,11,17-19H,10,12-16,20H2,1-2H3,(H,39,45)(H,38,40,41). The van der Waals surface area contributed by atoms with Crippen molar-refractivity contribution in [1.82, 2.24) is 24.8 Å². The van der Waals surface area contributed by atoms with Crippen LogP contribution in [0.15, 0.2) is 67.0 Å². The molecule has 4 aromatic rings. The Morgan fingerprint density at radius 1 is 0.891 bits per heavy atom. The third-order valence-electron chi connectivity index (χ3n) is 8.24. The Kier molecular flexibility index (Phi) is 8.59. The molecule has 238 valence electrons. The van der Waals surface area contributed by atoms with Crippen LogP contribution < -0.4 is 15.5 Å². The second-order valence-corrected chi connectivity index (χ2v) is 11.5. The van der Waals surface area contributed by atoms with Gasteiger partial charge in [0, 0.05) is 86.3 Å². The number of rotatable bonds is 6. The van der Waals surface area contributed by atoms with E-state index in [-0.39, 0.29) is 11.6 Å². The molecule has 0 atom stereocenters. The summed E-state index contributed by atoms with van der Waals surface area (Å²) in [5.74, 6) is -0.228. The number of nitrogens with zero attached hydrogens (tertiary/aromatic N) is 6. The van der Waals surface area contributed by atoms with Crippen LogP contribution in [0.4, 0.5) is 36.2 Å². The fraction of sp³-hybridized carbons (Fsp3) is 0.303. The highest BCUT2D eigenvalue weighted by molar-refractivity contribution is 6.03. The second kappa shape index (κ2) is 12.8. The number of benzene rings is 2. The number of alkyl halides is 3. The van der Waals surface area contributed by atoms with E-state index < -0.39 is 17.6 Å². The molecule has 0 bridgehead atoms. The van der Waals surface area contributed by atoms with Gasteiger partial charge in [0.25, 0.3) is 11.8 Å². The predicted molar refractivity (Wildman–Crippen MR) is 168 cm³/mol. The smallest absolute Gasteiger partial charge is 0.366 e. The molecule has 2 N–H and O–H groups in total. The number of nitrogens with one attached hydrogen (secondary N) is 2. The molecule has 0 radical (unpaired) electrons. The van der Waals surface area contributed by atoms with Crippen molar-refractivity contribution in [2.45, 2.75) is 26.1 Å². The maximum Gasteiger partial charge on any atom is 0.416 e. The normalized spacial score (nSPS) is 15.3. The number of hydrogen-bond acceptors (Lipinski definition) is 8. The Hall–Kier alpha value is -5.04. The lowest BCUT2D eigenvalue weighted by Crippen LogP contribution is -2.47. The SMILES string of the molecule is Cc1ccc(NC(=O)c2cc(C(F)(F)F)ccn2)cc1N1CCc2nc(Nc3ccc(C(=O)N4CCN(C)CC4)cc3)ncc2C1. The summed E-state index contributed by atoms with van der Waals surface area (Å²) < 4.78 is 39.3. The summed E-state index contributed by atoms with van der Waals surface area (Å²) in [7, 11) is 2.06. The van der Waals surface area contributed by atoms with E-state index in [1.54, 1.807) is 18.3 Å². The average Bonchev–Trinajstić information content (AvgIpc) is 3.05. The first-order chi connectivity index (χ1) is 22.0. The van der Waals surface area contributed by atoms with Crippen molar-refractivity contribution in [2.24, 2.45) is 0 Å². The maximum atomic E-state index is 13.1. The highest BCUT2D eigenvalue weighted by Gasteiger charge is 2.31. The lowest BCUT2D eigenvalue weighted by atomic mass is 10.0. The Morgan fingerprint density at radius 2 is 1.63 bits per heavy atom. The molecular formula is C33H33F3N8O2. The van der Waals surface area contributed by atoms with Gasteiger partial charge in [-0.15, -0.1) is 0 Å². The minimum atomic E-state index is -4.57. The zero-order chi connectivity index (χ0) is 32.4. The van der Waals surface area contributed by atoms with Gasteiger partial charge >= 0.3 is 6.18 Å². The molecule has 1 saturated heterocycles. The monoisotopic (exact) mass is 630 g/mol. The molecule has 2 aliphatic rings. The summed E-state index contributed by atoms with van der Waals surface area (Å²) in [6, 6.07) is 14.3. The van der Waals surface area contributed by atoms with E-state index in [9.17, 15) is 22.8 Å². The van der Waals surface area contributed by atoms with Crippen LogP contribution in [0, 0.1) is 6.92 Å². The van der Waals surface area contributed by atoms with Gasteiger partial charge in [-0.1, -0.05) is 6.07 Å². The molecule has 0 spiro atoms. The number of aromatic nitrogens is 3.